The highest BCUT2D eigenvalue weighted by atomic mass is 32.2. The zero-order valence-corrected chi connectivity index (χ0v) is 14.8. The fraction of sp³-hybridized carbons (Fsp3) is 0.533. The van der Waals surface area contributed by atoms with Gasteiger partial charge in [0.1, 0.15) is 10.0 Å². The molecule has 1 unspecified atom stereocenters. The van der Waals surface area contributed by atoms with Crippen molar-refractivity contribution in [1.29, 1.82) is 0 Å². The largest absolute Gasteiger partial charge is 0.493 e. The van der Waals surface area contributed by atoms with E-state index in [1.807, 2.05) is 24.0 Å². The lowest BCUT2D eigenvalue weighted by Gasteiger charge is -2.33. The van der Waals surface area contributed by atoms with E-state index in [1.54, 1.807) is 21.3 Å². The summed E-state index contributed by atoms with van der Waals surface area (Å²) in [5.41, 5.74) is -0.0307. The Balaban J connectivity index is 2.39. The molecule has 1 saturated heterocycles. The second-order valence-corrected chi connectivity index (χ2v) is 6.58. The highest BCUT2D eigenvalue weighted by Gasteiger charge is 2.41. The van der Waals surface area contributed by atoms with Crippen LogP contribution in [0.25, 0.3) is 0 Å². The van der Waals surface area contributed by atoms with Gasteiger partial charge in [0.25, 0.3) is 0 Å². The van der Waals surface area contributed by atoms with Gasteiger partial charge in [-0.25, -0.2) is 0 Å². The van der Waals surface area contributed by atoms with Crippen molar-refractivity contribution in [2.24, 2.45) is 0 Å². The van der Waals surface area contributed by atoms with E-state index in [1.165, 1.54) is 11.8 Å². The zero-order valence-electron chi connectivity index (χ0n) is 13.2. The van der Waals surface area contributed by atoms with Crippen LogP contribution in [0.3, 0.4) is 0 Å². The molecule has 1 aromatic carbocycles. The normalized spacial score (nSPS) is 21.1. The van der Waals surface area contributed by atoms with Gasteiger partial charge in [-0.2, -0.15) is 0 Å². The molecule has 0 amide bonds. The van der Waals surface area contributed by atoms with Gasteiger partial charge in [-0.1, -0.05) is 30.9 Å². The Morgan fingerprint density at radius 1 is 1.23 bits per heavy atom. The van der Waals surface area contributed by atoms with Crippen molar-refractivity contribution < 1.29 is 19.3 Å². The Morgan fingerprint density at radius 3 is 2.45 bits per heavy atom. The maximum absolute atomic E-state index is 10.7. The molecule has 1 N–H and O–H groups in total. The Bertz CT molecular complexity index is 567. The molecule has 0 aliphatic carbocycles. The maximum Gasteiger partial charge on any atom is 0.203 e. The van der Waals surface area contributed by atoms with Gasteiger partial charge in [0.05, 0.1) is 27.9 Å². The number of rotatable bonds is 6. The van der Waals surface area contributed by atoms with Crippen LogP contribution in [-0.2, 0) is 6.54 Å². The van der Waals surface area contributed by atoms with E-state index >= 15 is 0 Å². The van der Waals surface area contributed by atoms with E-state index in [9.17, 15) is 5.11 Å². The standard InChI is InChI=1S/C15H21NO4S2/c1-5-15(17)9-22-14(21)16(15)8-10-6-7-11(18-2)13(20-4)12(10)19-3/h6-7,17H,5,8-9H2,1-4H3. The first kappa shape index (κ1) is 17.2. The number of aliphatic hydroxyl groups is 1. The van der Waals surface area contributed by atoms with Crippen molar-refractivity contribution in [3.63, 3.8) is 0 Å². The Kier molecular flexibility index (Phi) is 5.41. The van der Waals surface area contributed by atoms with E-state index in [2.05, 4.69) is 0 Å². The Hall–Kier alpha value is -1.18. The molecule has 0 bridgehead atoms. The number of benzene rings is 1. The second-order valence-electron chi connectivity index (χ2n) is 4.97. The third-order valence-electron chi connectivity index (χ3n) is 3.83. The molecule has 1 fully saturated rings. The minimum Gasteiger partial charge on any atom is -0.493 e. The summed E-state index contributed by atoms with van der Waals surface area (Å²) >= 11 is 6.87. The highest BCUT2D eigenvalue weighted by molar-refractivity contribution is 8.23. The molecule has 0 saturated carbocycles. The number of ether oxygens (including phenoxy) is 3. The molecule has 0 spiro atoms. The van der Waals surface area contributed by atoms with Gasteiger partial charge in [-0.15, -0.1) is 0 Å². The van der Waals surface area contributed by atoms with Crippen LogP contribution in [0.1, 0.15) is 18.9 Å². The molecule has 7 heteroatoms. The predicted molar refractivity (Wildman–Crippen MR) is 91.9 cm³/mol. The van der Waals surface area contributed by atoms with Gasteiger partial charge in [0.2, 0.25) is 5.75 Å². The summed E-state index contributed by atoms with van der Waals surface area (Å²) in [6.07, 6.45) is 0.607. The summed E-state index contributed by atoms with van der Waals surface area (Å²) in [5, 5.41) is 10.7. The molecule has 1 aliphatic heterocycles. The van der Waals surface area contributed by atoms with Crippen LogP contribution in [0, 0.1) is 0 Å². The van der Waals surface area contributed by atoms with E-state index in [0.717, 1.165) is 5.56 Å². The van der Waals surface area contributed by atoms with Crippen molar-refractivity contribution in [2.75, 3.05) is 27.1 Å². The number of thiocarbonyl (C=S) groups is 1. The monoisotopic (exact) mass is 343 g/mol. The minimum atomic E-state index is -0.917. The molecular weight excluding hydrogens is 322 g/mol. The molecular formula is C15H21NO4S2. The van der Waals surface area contributed by atoms with Gasteiger partial charge >= 0.3 is 0 Å². The third kappa shape index (κ3) is 2.98. The molecule has 1 atom stereocenters. The average Bonchev–Trinajstić information content (AvgIpc) is 2.83. The highest BCUT2D eigenvalue weighted by Crippen LogP contribution is 2.42. The number of hydrogen-bond donors (Lipinski definition) is 1. The summed E-state index contributed by atoms with van der Waals surface area (Å²) in [6.45, 7) is 2.41. The molecule has 122 valence electrons. The molecule has 22 heavy (non-hydrogen) atoms. The van der Waals surface area contributed by atoms with E-state index in [-0.39, 0.29) is 0 Å². The summed E-state index contributed by atoms with van der Waals surface area (Å²) < 4.78 is 16.9. The lowest BCUT2D eigenvalue weighted by molar-refractivity contribution is -0.0478. The topological polar surface area (TPSA) is 51.2 Å². The van der Waals surface area contributed by atoms with Gasteiger partial charge in [0, 0.05) is 11.3 Å². The number of methoxy groups -OCH3 is 3. The molecule has 5 nitrogen and oxygen atoms in total. The van der Waals surface area contributed by atoms with Crippen LogP contribution in [0.15, 0.2) is 12.1 Å². The summed E-state index contributed by atoms with van der Waals surface area (Å²) in [6, 6.07) is 3.73. The molecule has 1 heterocycles. The Labute approximate surface area is 140 Å². The van der Waals surface area contributed by atoms with Crippen molar-refractivity contribution in [3.05, 3.63) is 17.7 Å². The van der Waals surface area contributed by atoms with Gasteiger partial charge in [0.15, 0.2) is 11.5 Å². The van der Waals surface area contributed by atoms with Crippen molar-refractivity contribution in [2.45, 2.75) is 25.6 Å². The molecule has 0 aromatic heterocycles. The summed E-state index contributed by atoms with van der Waals surface area (Å²) in [4.78, 5) is 1.84. The van der Waals surface area contributed by atoms with Crippen molar-refractivity contribution in [1.82, 2.24) is 4.90 Å². The quantitative estimate of drug-likeness (QED) is 0.797. The minimum absolute atomic E-state index is 0.458. The lowest BCUT2D eigenvalue weighted by atomic mass is 10.1. The number of nitrogens with zero attached hydrogens (tertiary/aromatic N) is 1. The Morgan fingerprint density at radius 2 is 1.91 bits per heavy atom. The van der Waals surface area contributed by atoms with E-state index in [0.29, 0.717) is 40.3 Å². The van der Waals surface area contributed by atoms with Crippen LogP contribution in [-0.4, -0.2) is 47.1 Å². The first-order valence-electron chi connectivity index (χ1n) is 6.95. The molecule has 1 aliphatic rings. The SMILES string of the molecule is CCC1(O)CSC(=S)N1Cc1ccc(OC)c(OC)c1OC. The molecule has 0 radical (unpaired) electrons. The predicted octanol–water partition coefficient (Wildman–Crippen LogP) is 2.64. The van der Waals surface area contributed by atoms with Crippen LogP contribution >= 0.6 is 24.0 Å². The fourth-order valence-corrected chi connectivity index (χ4v) is 3.98. The third-order valence-corrected chi connectivity index (χ3v) is 5.48. The summed E-state index contributed by atoms with van der Waals surface area (Å²) in [7, 11) is 4.74. The van der Waals surface area contributed by atoms with Crippen LogP contribution in [0.5, 0.6) is 17.2 Å². The van der Waals surface area contributed by atoms with Gasteiger partial charge in [-0.3, -0.25) is 0 Å². The molecule has 1 aromatic rings. The summed E-state index contributed by atoms with van der Waals surface area (Å²) in [5.74, 6) is 2.32. The van der Waals surface area contributed by atoms with Gasteiger partial charge in [-0.05, 0) is 18.6 Å². The van der Waals surface area contributed by atoms with Crippen LogP contribution < -0.4 is 14.2 Å². The van der Waals surface area contributed by atoms with Crippen LogP contribution in [0.2, 0.25) is 0 Å². The van der Waals surface area contributed by atoms with Crippen LogP contribution in [0.4, 0.5) is 0 Å². The average molecular weight is 343 g/mol. The first-order chi connectivity index (χ1) is 10.5. The second kappa shape index (κ2) is 6.93. The zero-order chi connectivity index (χ0) is 16.3. The smallest absolute Gasteiger partial charge is 0.203 e. The van der Waals surface area contributed by atoms with E-state index < -0.39 is 5.72 Å². The van der Waals surface area contributed by atoms with Gasteiger partial charge < -0.3 is 24.2 Å². The number of hydrogen-bond acceptors (Lipinski definition) is 6. The first-order valence-corrected chi connectivity index (χ1v) is 8.34. The lowest BCUT2D eigenvalue weighted by Crippen LogP contribution is -2.46. The van der Waals surface area contributed by atoms with E-state index in [4.69, 9.17) is 26.4 Å². The number of thioether (sulfide) groups is 1. The fourth-order valence-electron chi connectivity index (χ4n) is 2.47. The van der Waals surface area contributed by atoms with Crippen molar-refractivity contribution in [3.8, 4) is 17.2 Å². The molecule has 2 rings (SSSR count). The van der Waals surface area contributed by atoms with Crippen molar-refractivity contribution >= 4 is 28.3 Å². The maximum atomic E-state index is 10.7.